The first-order chi connectivity index (χ1) is 9.22. The summed E-state index contributed by atoms with van der Waals surface area (Å²) in [6.45, 7) is 2.97. The third kappa shape index (κ3) is 7.08. The zero-order chi connectivity index (χ0) is 13.9. The van der Waals surface area contributed by atoms with Crippen LogP contribution in [0.1, 0.15) is 25.3 Å². The molecule has 2 N–H and O–H groups in total. The summed E-state index contributed by atoms with van der Waals surface area (Å²) >= 11 is 0. The summed E-state index contributed by atoms with van der Waals surface area (Å²) in [6, 6.07) is 9.46. The van der Waals surface area contributed by atoms with Crippen molar-refractivity contribution >= 4 is 12.0 Å². The average Bonchev–Trinajstić information content (AvgIpc) is 2.43. The lowest BCUT2D eigenvalue weighted by molar-refractivity contribution is -0.121. The van der Waals surface area contributed by atoms with Crippen LogP contribution in [0.15, 0.2) is 30.3 Å². The maximum Gasteiger partial charge on any atom is 0.407 e. The van der Waals surface area contributed by atoms with Crippen LogP contribution in [0.4, 0.5) is 4.79 Å². The molecule has 19 heavy (non-hydrogen) atoms. The number of hydrogen-bond donors (Lipinski definition) is 2. The van der Waals surface area contributed by atoms with Gasteiger partial charge in [-0.1, -0.05) is 37.3 Å². The van der Waals surface area contributed by atoms with Gasteiger partial charge in [0.15, 0.2) is 0 Å². The molecule has 0 radical (unpaired) electrons. The molecule has 1 aromatic rings. The molecule has 0 unspecified atom stereocenters. The predicted octanol–water partition coefficient (Wildman–Crippen LogP) is 1.83. The van der Waals surface area contributed by atoms with E-state index in [1.807, 2.05) is 37.3 Å². The van der Waals surface area contributed by atoms with E-state index in [0.29, 0.717) is 19.5 Å². The normalized spacial score (nSPS) is 9.74. The first kappa shape index (κ1) is 15.0. The Morgan fingerprint density at radius 2 is 1.79 bits per heavy atom. The molecule has 0 fully saturated rings. The van der Waals surface area contributed by atoms with Gasteiger partial charge in [0.1, 0.15) is 6.61 Å². The molecule has 0 saturated heterocycles. The van der Waals surface area contributed by atoms with Crippen molar-refractivity contribution < 1.29 is 14.3 Å². The highest BCUT2D eigenvalue weighted by Crippen LogP contribution is 2.00. The minimum absolute atomic E-state index is 0.00181. The SMILES string of the molecule is CCCC(=O)NCCNC(=O)OCc1ccccc1. The van der Waals surface area contributed by atoms with Crippen LogP contribution < -0.4 is 10.6 Å². The molecule has 0 aliphatic rings. The van der Waals surface area contributed by atoms with Crippen LogP contribution in [0.5, 0.6) is 0 Å². The molecule has 0 atom stereocenters. The Labute approximate surface area is 113 Å². The van der Waals surface area contributed by atoms with Crippen molar-refractivity contribution in [2.75, 3.05) is 13.1 Å². The van der Waals surface area contributed by atoms with Gasteiger partial charge in [0, 0.05) is 19.5 Å². The molecule has 1 rings (SSSR count). The minimum atomic E-state index is -0.478. The van der Waals surface area contributed by atoms with Crippen molar-refractivity contribution in [3.8, 4) is 0 Å². The largest absolute Gasteiger partial charge is 0.445 e. The van der Waals surface area contributed by atoms with E-state index >= 15 is 0 Å². The standard InChI is InChI=1S/C14H20N2O3/c1-2-6-13(17)15-9-10-16-14(18)19-11-12-7-4-3-5-8-12/h3-5,7-8H,2,6,9-11H2,1H3,(H,15,17)(H,16,18). The van der Waals surface area contributed by atoms with E-state index in [2.05, 4.69) is 10.6 Å². The van der Waals surface area contributed by atoms with Crippen LogP contribution in [0.2, 0.25) is 0 Å². The second kappa shape index (κ2) is 8.97. The average molecular weight is 264 g/mol. The van der Waals surface area contributed by atoms with Crippen molar-refractivity contribution in [3.05, 3.63) is 35.9 Å². The lowest BCUT2D eigenvalue weighted by Crippen LogP contribution is -2.34. The molecular formula is C14H20N2O3. The molecule has 5 nitrogen and oxygen atoms in total. The fourth-order valence-corrected chi connectivity index (χ4v) is 1.46. The second-order valence-electron chi connectivity index (χ2n) is 4.09. The number of rotatable bonds is 7. The van der Waals surface area contributed by atoms with Gasteiger partial charge in [-0.2, -0.15) is 0 Å². The third-order valence-electron chi connectivity index (χ3n) is 2.41. The first-order valence-electron chi connectivity index (χ1n) is 6.43. The Morgan fingerprint density at radius 1 is 1.11 bits per heavy atom. The number of ether oxygens (including phenoxy) is 1. The lowest BCUT2D eigenvalue weighted by atomic mass is 10.2. The van der Waals surface area contributed by atoms with Gasteiger partial charge in [-0.3, -0.25) is 4.79 Å². The van der Waals surface area contributed by atoms with E-state index in [4.69, 9.17) is 4.74 Å². The quantitative estimate of drug-likeness (QED) is 0.738. The molecule has 0 spiro atoms. The molecule has 0 heterocycles. The van der Waals surface area contributed by atoms with Gasteiger partial charge < -0.3 is 15.4 Å². The molecule has 5 heteroatoms. The van der Waals surface area contributed by atoms with Gasteiger partial charge in [0.25, 0.3) is 0 Å². The van der Waals surface area contributed by atoms with E-state index < -0.39 is 6.09 Å². The Bertz CT molecular complexity index is 393. The minimum Gasteiger partial charge on any atom is -0.445 e. The summed E-state index contributed by atoms with van der Waals surface area (Å²) in [5.74, 6) is 0.00181. The fraction of sp³-hybridized carbons (Fsp3) is 0.429. The summed E-state index contributed by atoms with van der Waals surface area (Å²) < 4.78 is 5.02. The Balaban J connectivity index is 2.07. The van der Waals surface area contributed by atoms with Gasteiger partial charge >= 0.3 is 6.09 Å². The number of amides is 2. The molecule has 1 aromatic carbocycles. The van der Waals surface area contributed by atoms with Crippen molar-refractivity contribution in [2.45, 2.75) is 26.4 Å². The summed E-state index contributed by atoms with van der Waals surface area (Å²) in [4.78, 5) is 22.5. The molecule has 0 saturated carbocycles. The van der Waals surface area contributed by atoms with Crippen molar-refractivity contribution in [1.82, 2.24) is 10.6 Å². The van der Waals surface area contributed by atoms with Crippen molar-refractivity contribution in [2.24, 2.45) is 0 Å². The summed E-state index contributed by atoms with van der Waals surface area (Å²) in [5.41, 5.74) is 0.939. The maximum atomic E-state index is 11.3. The molecule has 0 aromatic heterocycles. The highest BCUT2D eigenvalue weighted by Gasteiger charge is 2.02. The van der Waals surface area contributed by atoms with Crippen molar-refractivity contribution in [1.29, 1.82) is 0 Å². The Hall–Kier alpha value is -2.04. The van der Waals surface area contributed by atoms with E-state index in [9.17, 15) is 9.59 Å². The molecule has 2 amide bonds. The molecule has 0 aliphatic heterocycles. The maximum absolute atomic E-state index is 11.3. The van der Waals surface area contributed by atoms with Crippen LogP contribution in [-0.2, 0) is 16.1 Å². The van der Waals surface area contributed by atoms with Gasteiger partial charge in [0.05, 0.1) is 0 Å². The molecule has 0 aliphatic carbocycles. The fourth-order valence-electron chi connectivity index (χ4n) is 1.46. The highest BCUT2D eigenvalue weighted by atomic mass is 16.5. The van der Waals surface area contributed by atoms with Crippen LogP contribution in [-0.4, -0.2) is 25.1 Å². The zero-order valence-corrected chi connectivity index (χ0v) is 11.1. The van der Waals surface area contributed by atoms with Crippen LogP contribution >= 0.6 is 0 Å². The van der Waals surface area contributed by atoms with Crippen LogP contribution in [0.25, 0.3) is 0 Å². The number of nitrogens with one attached hydrogen (secondary N) is 2. The van der Waals surface area contributed by atoms with E-state index in [0.717, 1.165) is 12.0 Å². The van der Waals surface area contributed by atoms with E-state index in [1.165, 1.54) is 0 Å². The number of carbonyl (C=O) groups is 2. The van der Waals surface area contributed by atoms with Crippen LogP contribution in [0.3, 0.4) is 0 Å². The Morgan fingerprint density at radius 3 is 2.47 bits per heavy atom. The molecule has 0 bridgehead atoms. The number of alkyl carbamates (subject to hydrolysis) is 1. The van der Waals surface area contributed by atoms with Gasteiger partial charge in [-0.15, -0.1) is 0 Å². The predicted molar refractivity (Wildman–Crippen MR) is 72.5 cm³/mol. The van der Waals surface area contributed by atoms with Gasteiger partial charge in [-0.25, -0.2) is 4.79 Å². The molecular weight excluding hydrogens is 244 g/mol. The molecule has 104 valence electrons. The number of benzene rings is 1. The summed E-state index contributed by atoms with van der Waals surface area (Å²) in [5, 5.41) is 5.28. The van der Waals surface area contributed by atoms with Gasteiger partial charge in [0.2, 0.25) is 5.91 Å². The smallest absolute Gasteiger partial charge is 0.407 e. The van der Waals surface area contributed by atoms with Gasteiger partial charge in [-0.05, 0) is 12.0 Å². The van der Waals surface area contributed by atoms with E-state index in [-0.39, 0.29) is 12.5 Å². The van der Waals surface area contributed by atoms with Crippen LogP contribution in [0, 0.1) is 0 Å². The highest BCUT2D eigenvalue weighted by molar-refractivity contribution is 5.75. The monoisotopic (exact) mass is 264 g/mol. The lowest BCUT2D eigenvalue weighted by Gasteiger charge is -2.07. The number of hydrogen-bond acceptors (Lipinski definition) is 3. The van der Waals surface area contributed by atoms with Crippen molar-refractivity contribution in [3.63, 3.8) is 0 Å². The zero-order valence-electron chi connectivity index (χ0n) is 11.1. The first-order valence-corrected chi connectivity index (χ1v) is 6.43. The number of carbonyl (C=O) groups excluding carboxylic acids is 2. The topological polar surface area (TPSA) is 67.4 Å². The summed E-state index contributed by atoms with van der Waals surface area (Å²) in [7, 11) is 0. The second-order valence-corrected chi connectivity index (χ2v) is 4.09. The third-order valence-corrected chi connectivity index (χ3v) is 2.41. The Kier molecular flexibility index (Phi) is 7.09. The summed E-state index contributed by atoms with van der Waals surface area (Å²) in [6.07, 6.45) is 0.852. The van der Waals surface area contributed by atoms with E-state index in [1.54, 1.807) is 0 Å².